The van der Waals surface area contributed by atoms with E-state index in [1.165, 1.54) is 76.6 Å². The van der Waals surface area contributed by atoms with Crippen LogP contribution in [0.4, 0.5) is 17.2 Å². The number of sulfonamides is 1. The van der Waals surface area contributed by atoms with E-state index in [0.717, 1.165) is 19.5 Å². The molecule has 14 nitrogen and oxygen atoms in total. The van der Waals surface area contributed by atoms with Crippen LogP contribution < -0.4 is 30.9 Å². The fraction of sp³-hybridized carbons (Fsp3) is 0.240. The van der Waals surface area contributed by atoms with Gasteiger partial charge in [-0.1, -0.05) is 0 Å². The van der Waals surface area contributed by atoms with Crippen molar-refractivity contribution in [2.24, 2.45) is 14.1 Å². The van der Waals surface area contributed by atoms with Gasteiger partial charge in [-0.2, -0.15) is 0 Å². The first-order valence-electron chi connectivity index (χ1n) is 11.6. The van der Waals surface area contributed by atoms with Crippen LogP contribution in [0.2, 0.25) is 0 Å². The Bertz CT molecular complexity index is 1640. The Morgan fingerprint density at radius 2 is 1.52 bits per heavy atom. The fourth-order valence-electron chi connectivity index (χ4n) is 3.32. The molecule has 0 aliphatic heterocycles. The van der Waals surface area contributed by atoms with Crippen LogP contribution in [0.1, 0.15) is 6.92 Å². The highest BCUT2D eigenvalue weighted by Gasteiger charge is 2.21. The van der Waals surface area contributed by atoms with Crippen molar-refractivity contribution in [3.8, 4) is 5.75 Å². The summed E-state index contributed by atoms with van der Waals surface area (Å²) in [5.41, 5.74) is -0.469. The van der Waals surface area contributed by atoms with Crippen molar-refractivity contribution in [1.82, 2.24) is 9.13 Å². The molecule has 0 fully saturated rings. The lowest BCUT2D eigenvalue weighted by molar-refractivity contribution is -0.149. The summed E-state index contributed by atoms with van der Waals surface area (Å²) >= 11 is 0. The van der Waals surface area contributed by atoms with E-state index in [0.29, 0.717) is 11.4 Å². The van der Waals surface area contributed by atoms with Gasteiger partial charge in [0.15, 0.2) is 13.2 Å². The average molecular weight is 574 g/mol. The van der Waals surface area contributed by atoms with Crippen LogP contribution in [0.15, 0.2) is 69.1 Å². The summed E-state index contributed by atoms with van der Waals surface area (Å²) in [5, 5.41) is 4.89. The first-order chi connectivity index (χ1) is 18.8. The first kappa shape index (κ1) is 29.6. The number of nitrogens with zero attached hydrogens (tertiary/aromatic N) is 3. The van der Waals surface area contributed by atoms with Crippen molar-refractivity contribution in [1.29, 1.82) is 0 Å². The molecule has 1 aromatic heterocycles. The molecule has 2 amide bonds. The van der Waals surface area contributed by atoms with Crippen LogP contribution in [-0.2, 0) is 43.2 Å². The van der Waals surface area contributed by atoms with Gasteiger partial charge in [0.1, 0.15) is 11.6 Å². The molecule has 2 N–H and O–H groups in total. The van der Waals surface area contributed by atoms with Gasteiger partial charge in [-0.25, -0.2) is 18.0 Å². The van der Waals surface area contributed by atoms with Gasteiger partial charge in [-0.15, -0.1) is 0 Å². The number of ether oxygens (including phenoxy) is 2. The SMILES string of the molecule is CC(=O)Nc1ccc(S(=O)(=O)N(C)c2ccc(OCC(=O)OCC(=O)Nc3cc(=O)n(C)c(=O)n3C)cc2)cc1. The predicted molar refractivity (Wildman–Crippen MR) is 145 cm³/mol. The number of hydrogen-bond acceptors (Lipinski definition) is 9. The average Bonchev–Trinajstić information content (AvgIpc) is 2.92. The van der Waals surface area contributed by atoms with Crippen LogP contribution >= 0.6 is 0 Å². The third kappa shape index (κ3) is 7.13. The summed E-state index contributed by atoms with van der Waals surface area (Å²) < 4.78 is 39.1. The van der Waals surface area contributed by atoms with E-state index in [9.17, 15) is 32.4 Å². The number of nitrogens with one attached hydrogen (secondary N) is 2. The molecular weight excluding hydrogens is 546 g/mol. The van der Waals surface area contributed by atoms with Crippen molar-refractivity contribution in [3.05, 3.63) is 75.4 Å². The molecule has 15 heteroatoms. The van der Waals surface area contributed by atoms with E-state index < -0.39 is 46.4 Å². The summed E-state index contributed by atoms with van der Waals surface area (Å²) in [6, 6.07) is 12.6. The Morgan fingerprint density at radius 3 is 2.12 bits per heavy atom. The normalized spacial score (nSPS) is 10.9. The van der Waals surface area contributed by atoms with E-state index in [-0.39, 0.29) is 22.4 Å². The van der Waals surface area contributed by atoms with Crippen molar-refractivity contribution < 1.29 is 32.3 Å². The molecule has 3 aromatic rings. The minimum absolute atomic E-state index is 0.0215. The molecule has 212 valence electrons. The lowest BCUT2D eigenvalue weighted by Crippen LogP contribution is -2.38. The number of carbonyl (C=O) groups is 3. The van der Waals surface area contributed by atoms with Crippen molar-refractivity contribution in [2.75, 3.05) is 35.2 Å². The molecule has 2 aromatic carbocycles. The molecule has 0 spiro atoms. The van der Waals surface area contributed by atoms with Crippen LogP contribution in [-0.4, -0.2) is 55.6 Å². The van der Waals surface area contributed by atoms with Gasteiger partial charge >= 0.3 is 11.7 Å². The number of esters is 1. The van der Waals surface area contributed by atoms with Gasteiger partial charge in [0, 0.05) is 39.8 Å². The number of carbonyl (C=O) groups excluding carboxylic acids is 3. The van der Waals surface area contributed by atoms with Gasteiger partial charge < -0.3 is 20.1 Å². The van der Waals surface area contributed by atoms with E-state index in [2.05, 4.69) is 10.6 Å². The number of anilines is 3. The van der Waals surface area contributed by atoms with Crippen molar-refractivity contribution >= 4 is 45.0 Å². The molecule has 0 unspecified atom stereocenters. The molecule has 0 aliphatic rings. The highest BCUT2D eigenvalue weighted by atomic mass is 32.2. The number of amides is 2. The van der Waals surface area contributed by atoms with Crippen LogP contribution in [0.3, 0.4) is 0 Å². The maximum atomic E-state index is 13.0. The molecule has 1 heterocycles. The van der Waals surface area contributed by atoms with Crippen molar-refractivity contribution in [3.63, 3.8) is 0 Å². The third-order valence-electron chi connectivity index (χ3n) is 5.55. The summed E-state index contributed by atoms with van der Waals surface area (Å²) in [7, 11) is 0.140. The molecular formula is C25H27N5O9S. The third-order valence-corrected chi connectivity index (χ3v) is 7.35. The number of hydrogen-bond donors (Lipinski definition) is 2. The Hall–Kier alpha value is -4.92. The molecule has 0 bridgehead atoms. The summed E-state index contributed by atoms with van der Waals surface area (Å²) in [6.45, 7) is 0.128. The molecule has 0 saturated heterocycles. The topological polar surface area (TPSA) is 175 Å². The molecule has 0 atom stereocenters. The van der Waals surface area contributed by atoms with Gasteiger partial charge in [-0.3, -0.25) is 27.8 Å². The molecule has 3 rings (SSSR count). The van der Waals surface area contributed by atoms with E-state index in [1.807, 2.05) is 0 Å². The lowest BCUT2D eigenvalue weighted by Gasteiger charge is -2.20. The lowest BCUT2D eigenvalue weighted by atomic mass is 10.3. The summed E-state index contributed by atoms with van der Waals surface area (Å²) in [6.07, 6.45) is 0. The van der Waals surface area contributed by atoms with Gasteiger partial charge in [0.25, 0.3) is 21.5 Å². The van der Waals surface area contributed by atoms with Crippen LogP contribution in [0.25, 0.3) is 0 Å². The van der Waals surface area contributed by atoms with Crippen LogP contribution in [0, 0.1) is 0 Å². The largest absolute Gasteiger partial charge is 0.482 e. The smallest absolute Gasteiger partial charge is 0.344 e. The Labute approximate surface area is 228 Å². The Balaban J connectivity index is 1.52. The molecule has 0 radical (unpaired) electrons. The van der Waals surface area contributed by atoms with E-state index in [4.69, 9.17) is 9.47 Å². The zero-order valence-electron chi connectivity index (χ0n) is 22.0. The minimum Gasteiger partial charge on any atom is -0.482 e. The highest BCUT2D eigenvalue weighted by Crippen LogP contribution is 2.25. The van der Waals surface area contributed by atoms with Gasteiger partial charge in [-0.05, 0) is 48.5 Å². The fourth-order valence-corrected chi connectivity index (χ4v) is 4.52. The maximum Gasteiger partial charge on any atom is 0.344 e. The highest BCUT2D eigenvalue weighted by molar-refractivity contribution is 7.92. The minimum atomic E-state index is -3.89. The Kier molecular flexibility index (Phi) is 9.11. The first-order valence-corrected chi connectivity index (χ1v) is 13.1. The maximum absolute atomic E-state index is 13.0. The van der Waals surface area contributed by atoms with E-state index >= 15 is 0 Å². The second kappa shape index (κ2) is 12.3. The predicted octanol–water partition coefficient (Wildman–Crippen LogP) is 0.428. The van der Waals surface area contributed by atoms with E-state index in [1.54, 1.807) is 0 Å². The summed E-state index contributed by atoms with van der Waals surface area (Å²) in [5.74, 6) is -1.72. The second-order valence-corrected chi connectivity index (χ2v) is 10.4. The zero-order chi connectivity index (χ0) is 29.6. The standard InChI is InChI=1S/C25H27N5O9S/c1-16(31)26-17-5-11-20(12-6-17)40(36,37)30(4)18-7-9-19(10-8-18)38-15-24(34)39-14-22(32)27-21-13-23(33)29(3)25(35)28(21)2/h5-13H,14-15H2,1-4H3,(H,26,31)(H,27,32). The molecule has 0 saturated carbocycles. The zero-order valence-corrected chi connectivity index (χ0v) is 22.9. The van der Waals surface area contributed by atoms with Gasteiger partial charge in [0.05, 0.1) is 10.6 Å². The molecule has 40 heavy (non-hydrogen) atoms. The molecule has 0 aliphatic carbocycles. The number of benzene rings is 2. The summed E-state index contributed by atoms with van der Waals surface area (Å²) in [4.78, 5) is 58.9. The second-order valence-electron chi connectivity index (χ2n) is 8.44. The quantitative estimate of drug-likeness (QED) is 0.326. The Morgan fingerprint density at radius 1 is 0.900 bits per heavy atom. The number of aromatic nitrogens is 2. The van der Waals surface area contributed by atoms with Gasteiger partial charge in [0.2, 0.25) is 5.91 Å². The number of rotatable bonds is 10. The van der Waals surface area contributed by atoms with Crippen molar-refractivity contribution in [2.45, 2.75) is 11.8 Å². The van der Waals surface area contributed by atoms with Crippen LogP contribution in [0.5, 0.6) is 5.75 Å². The monoisotopic (exact) mass is 573 g/mol.